The number of carbonyl (C=O) groups is 4. The molecule has 4 amide bonds. The predicted octanol–water partition coefficient (Wildman–Crippen LogP) is 5.28. The number of aliphatic hydroxyl groups excluding tert-OH is 1. The van der Waals surface area contributed by atoms with Crippen molar-refractivity contribution in [2.45, 2.75) is 35.1 Å². The highest BCUT2D eigenvalue weighted by Crippen LogP contribution is 2.66. The first kappa shape index (κ1) is 28.7. The third kappa shape index (κ3) is 3.89. The van der Waals surface area contributed by atoms with Crippen LogP contribution in [0.4, 0.5) is 15.8 Å². The number of fused-ring (bicyclic) bond motifs is 4. The number of benzene rings is 2. The van der Waals surface area contributed by atoms with Crippen LogP contribution in [0, 0.1) is 27.1 Å². The molecule has 1 N–H and O–H groups in total. The van der Waals surface area contributed by atoms with Crippen LogP contribution in [-0.2, 0) is 25.8 Å². The highest BCUT2D eigenvalue weighted by Gasteiger charge is 2.77. The highest BCUT2D eigenvalue weighted by molar-refractivity contribution is 14.1. The predicted molar refractivity (Wildman–Crippen MR) is 163 cm³/mol. The molecule has 0 radical (unpaired) electrons. The lowest BCUT2D eigenvalue weighted by Gasteiger charge is -2.49. The fourth-order valence-corrected chi connectivity index (χ4v) is 8.47. The van der Waals surface area contributed by atoms with Crippen molar-refractivity contribution in [1.82, 2.24) is 0 Å². The van der Waals surface area contributed by atoms with Gasteiger partial charge in [-0.25, -0.2) is 9.29 Å². The Bertz CT molecular complexity index is 1740. The highest BCUT2D eigenvalue weighted by atomic mass is 127. The van der Waals surface area contributed by atoms with E-state index in [0.717, 1.165) is 20.6 Å². The molecule has 2 aromatic carbocycles. The number of nitrogens with zero attached hydrogens (tertiary/aromatic N) is 2. The standard InChI is InChI=1S/C31H22Cl2FIN2O6/c32-30-13-22-20(10-11-21-24(22)27(40)36(26(21)39)17-7-3-16(35)4-8-17)25(23-12-9-19(14-38)43-23)31(30,33)29(42)37(28(30)41)18-5-1-15(34)2-6-18/h1-10,12,21-22,24-25,38H,11,13-14H2/t21-,22+,24-,25+,30+,31-/m0/s1. The molecule has 7 rings (SSSR count). The monoisotopic (exact) mass is 734 g/mol. The minimum Gasteiger partial charge on any atom is -0.463 e. The topological polar surface area (TPSA) is 108 Å². The average Bonchev–Trinajstić information content (AvgIpc) is 3.61. The van der Waals surface area contributed by atoms with Gasteiger partial charge in [0.1, 0.15) is 23.9 Å². The Hall–Kier alpha value is -3.06. The summed E-state index contributed by atoms with van der Waals surface area (Å²) in [6.45, 7) is -0.423. The molecule has 2 aliphatic carbocycles. The van der Waals surface area contributed by atoms with E-state index in [0.29, 0.717) is 11.3 Å². The molecule has 8 nitrogen and oxygen atoms in total. The maximum Gasteiger partial charge on any atom is 0.258 e. The lowest BCUT2D eigenvalue weighted by molar-refractivity contribution is -0.125. The number of furan rings is 1. The van der Waals surface area contributed by atoms with Crippen LogP contribution >= 0.6 is 45.8 Å². The number of alkyl halides is 2. The summed E-state index contributed by atoms with van der Waals surface area (Å²) >= 11 is 16.7. The molecule has 2 aliphatic heterocycles. The molecule has 3 heterocycles. The molecule has 4 aliphatic rings. The second kappa shape index (κ2) is 9.98. The van der Waals surface area contributed by atoms with Crippen molar-refractivity contribution in [3.8, 4) is 0 Å². The van der Waals surface area contributed by atoms with E-state index in [4.69, 9.17) is 27.6 Å². The van der Waals surface area contributed by atoms with Gasteiger partial charge in [-0.3, -0.25) is 24.1 Å². The summed E-state index contributed by atoms with van der Waals surface area (Å²) in [6, 6.07) is 14.9. The van der Waals surface area contributed by atoms with Gasteiger partial charge in [-0.05, 0) is 102 Å². The van der Waals surface area contributed by atoms with Gasteiger partial charge in [0.2, 0.25) is 11.8 Å². The Balaban J connectivity index is 1.38. The normalized spacial score (nSPS) is 31.7. The number of aliphatic hydroxyl groups is 1. The molecule has 43 heavy (non-hydrogen) atoms. The lowest BCUT2D eigenvalue weighted by atomic mass is 9.57. The second-order valence-corrected chi connectivity index (χ2v) is 13.7. The Morgan fingerprint density at radius 2 is 1.53 bits per heavy atom. The number of halogens is 4. The zero-order valence-electron chi connectivity index (χ0n) is 22.2. The van der Waals surface area contributed by atoms with Crippen LogP contribution in [0.5, 0.6) is 0 Å². The summed E-state index contributed by atoms with van der Waals surface area (Å²) in [4.78, 5) is 54.1. The number of hydrogen-bond acceptors (Lipinski definition) is 6. The van der Waals surface area contributed by atoms with E-state index in [1.807, 2.05) is 0 Å². The third-order valence-electron chi connectivity index (χ3n) is 9.10. The summed E-state index contributed by atoms with van der Waals surface area (Å²) in [7, 11) is 0. The van der Waals surface area contributed by atoms with Gasteiger partial charge < -0.3 is 9.52 Å². The number of hydrogen-bond donors (Lipinski definition) is 1. The summed E-state index contributed by atoms with van der Waals surface area (Å²) in [5, 5.41) is 9.72. The van der Waals surface area contributed by atoms with Crippen molar-refractivity contribution < 1.29 is 33.1 Å². The van der Waals surface area contributed by atoms with Gasteiger partial charge in [-0.15, -0.1) is 23.2 Å². The van der Waals surface area contributed by atoms with Crippen LogP contribution < -0.4 is 9.80 Å². The van der Waals surface area contributed by atoms with Crippen molar-refractivity contribution in [1.29, 1.82) is 0 Å². The Labute approximate surface area is 268 Å². The number of amides is 4. The van der Waals surface area contributed by atoms with Crippen LogP contribution in [0.25, 0.3) is 0 Å². The van der Waals surface area contributed by atoms with Gasteiger partial charge in [0, 0.05) is 3.57 Å². The minimum absolute atomic E-state index is 0.0897. The maximum atomic E-state index is 14.3. The largest absolute Gasteiger partial charge is 0.463 e. The Kier molecular flexibility index (Phi) is 6.66. The van der Waals surface area contributed by atoms with Gasteiger partial charge in [0.15, 0.2) is 9.75 Å². The van der Waals surface area contributed by atoms with Crippen LogP contribution in [0.15, 0.2) is 76.7 Å². The molecule has 3 fully saturated rings. The molecule has 3 aromatic rings. The van der Waals surface area contributed by atoms with E-state index in [1.165, 1.54) is 23.1 Å². The zero-order valence-corrected chi connectivity index (χ0v) is 25.8. The van der Waals surface area contributed by atoms with E-state index >= 15 is 0 Å². The maximum absolute atomic E-state index is 14.3. The second-order valence-electron chi connectivity index (χ2n) is 11.2. The fourth-order valence-electron chi connectivity index (χ4n) is 7.19. The van der Waals surface area contributed by atoms with E-state index in [-0.39, 0.29) is 36.0 Å². The Morgan fingerprint density at radius 3 is 2.19 bits per heavy atom. The summed E-state index contributed by atoms with van der Waals surface area (Å²) in [6.07, 6.45) is 1.81. The quantitative estimate of drug-likeness (QED) is 0.169. The van der Waals surface area contributed by atoms with Crippen LogP contribution in [0.1, 0.15) is 30.3 Å². The molecule has 6 atom stereocenters. The van der Waals surface area contributed by atoms with Crippen LogP contribution in [-0.4, -0.2) is 38.5 Å². The smallest absolute Gasteiger partial charge is 0.258 e. The fraction of sp³-hybridized carbons (Fsp3) is 0.290. The van der Waals surface area contributed by atoms with Gasteiger partial charge in [-0.1, -0.05) is 11.6 Å². The van der Waals surface area contributed by atoms with Crippen molar-refractivity contribution in [3.05, 3.63) is 93.2 Å². The molecule has 220 valence electrons. The molecule has 0 unspecified atom stereocenters. The van der Waals surface area contributed by atoms with Gasteiger partial charge in [0.05, 0.1) is 29.1 Å². The molecular formula is C31H22Cl2FIN2O6. The van der Waals surface area contributed by atoms with Crippen molar-refractivity contribution in [2.75, 3.05) is 9.80 Å². The zero-order chi connectivity index (χ0) is 30.4. The first-order chi connectivity index (χ1) is 20.5. The van der Waals surface area contributed by atoms with E-state index in [2.05, 4.69) is 22.6 Å². The SMILES string of the molecule is O=C1[C@H]2[C@H](CC=C3[C@H]2C[C@@]2(Cl)C(=O)N(c4ccc(F)cc4)C(=O)[C@@]2(Cl)[C@H]3c2ccc(CO)o2)C(=O)N1c1ccc(I)cc1. The molecule has 0 bridgehead atoms. The van der Waals surface area contributed by atoms with Gasteiger partial charge in [-0.2, -0.15) is 0 Å². The number of imide groups is 2. The average molecular weight is 735 g/mol. The summed E-state index contributed by atoms with van der Waals surface area (Å²) in [5.41, 5.74) is 1.10. The van der Waals surface area contributed by atoms with Crippen molar-refractivity contribution in [2.24, 2.45) is 17.8 Å². The molecule has 2 saturated heterocycles. The first-order valence-corrected chi connectivity index (χ1v) is 15.4. The summed E-state index contributed by atoms with van der Waals surface area (Å²) < 4.78 is 20.6. The molecular weight excluding hydrogens is 713 g/mol. The number of carbonyl (C=O) groups excluding carboxylic acids is 4. The first-order valence-electron chi connectivity index (χ1n) is 13.6. The minimum atomic E-state index is -2.10. The van der Waals surface area contributed by atoms with E-state index in [1.54, 1.807) is 36.4 Å². The van der Waals surface area contributed by atoms with E-state index < -0.39 is 63.6 Å². The van der Waals surface area contributed by atoms with Crippen LogP contribution in [0.3, 0.4) is 0 Å². The molecule has 1 saturated carbocycles. The van der Waals surface area contributed by atoms with Crippen LogP contribution in [0.2, 0.25) is 0 Å². The third-order valence-corrected chi connectivity index (χ3v) is 11.2. The van der Waals surface area contributed by atoms with E-state index in [9.17, 15) is 28.7 Å². The Morgan fingerprint density at radius 1 is 0.884 bits per heavy atom. The molecule has 1 aromatic heterocycles. The number of rotatable bonds is 4. The van der Waals surface area contributed by atoms with Gasteiger partial charge in [0.25, 0.3) is 11.8 Å². The molecule has 12 heteroatoms. The molecule has 0 spiro atoms. The van der Waals surface area contributed by atoms with Crippen molar-refractivity contribution >= 4 is 80.8 Å². The summed E-state index contributed by atoms with van der Waals surface area (Å²) in [5.74, 6) is -5.97. The lowest BCUT2D eigenvalue weighted by Crippen LogP contribution is -2.60. The number of anilines is 2. The number of allylic oxidation sites excluding steroid dienone is 2. The van der Waals surface area contributed by atoms with Gasteiger partial charge >= 0.3 is 0 Å². The van der Waals surface area contributed by atoms with Crippen molar-refractivity contribution in [3.63, 3.8) is 0 Å².